The predicted octanol–water partition coefficient (Wildman–Crippen LogP) is 5.24. The second-order valence-electron chi connectivity index (χ2n) is 6.63. The van der Waals surface area contributed by atoms with Crippen molar-refractivity contribution < 1.29 is 77.7 Å². The van der Waals surface area contributed by atoms with E-state index in [2.05, 4.69) is 105 Å². The average Bonchev–Trinajstić information content (AvgIpc) is 3.72. The Morgan fingerprint density at radius 3 is 1.57 bits per heavy atom. The van der Waals surface area contributed by atoms with Crippen LogP contribution in [0.25, 0.3) is 18.6 Å². The summed E-state index contributed by atoms with van der Waals surface area (Å²) in [5.74, 6) is -1.48. The monoisotopic (exact) mass is 1600 g/mol. The van der Waals surface area contributed by atoms with Gasteiger partial charge in [0.05, 0.1) is 0 Å². The molecule has 0 bridgehead atoms. The fraction of sp³-hybridized carbons (Fsp3) is 0.160. The molecular formula is C25H26I4N8O3VW3-3. The molecule has 3 rings (SSSR count). The van der Waals surface area contributed by atoms with Crippen molar-refractivity contribution in [3.8, 4) is 6.07 Å². The van der Waals surface area contributed by atoms with Gasteiger partial charge in [0.15, 0.2) is 0 Å². The third-order valence-corrected chi connectivity index (χ3v) is 7.55. The van der Waals surface area contributed by atoms with Crippen molar-refractivity contribution in [1.82, 2.24) is 29.3 Å². The predicted molar refractivity (Wildman–Crippen MR) is 196 cm³/mol. The van der Waals surface area contributed by atoms with Gasteiger partial charge < -0.3 is 0 Å². The Morgan fingerprint density at radius 1 is 0.932 bits per heavy atom. The van der Waals surface area contributed by atoms with Gasteiger partial charge in [0, 0.05) is 0 Å². The normalized spacial score (nSPS) is 8.75. The summed E-state index contributed by atoms with van der Waals surface area (Å²) in [6.45, 7) is 17.9. The Balaban J connectivity index is -0.000000506. The van der Waals surface area contributed by atoms with Crippen LogP contribution in [0.5, 0.6) is 0 Å². The van der Waals surface area contributed by atoms with Gasteiger partial charge in [-0.15, -0.1) is 0 Å². The fourth-order valence-electron chi connectivity index (χ4n) is 2.26. The number of rotatable bonds is 9. The molecule has 0 aliphatic carbocycles. The van der Waals surface area contributed by atoms with E-state index in [-0.39, 0.29) is 17.9 Å². The summed E-state index contributed by atoms with van der Waals surface area (Å²) in [5.41, 5.74) is 8.17. The van der Waals surface area contributed by atoms with Crippen LogP contribution in [0.2, 0.25) is 0 Å². The molecule has 3 aromatic heterocycles. The van der Waals surface area contributed by atoms with E-state index in [4.69, 9.17) is 35.8 Å². The number of amides is 1. The average molecular weight is 1600 g/mol. The number of hydrogen-bond acceptors (Lipinski definition) is 6. The van der Waals surface area contributed by atoms with Crippen LogP contribution in [-0.2, 0) is 63.0 Å². The van der Waals surface area contributed by atoms with Crippen molar-refractivity contribution in [3.63, 3.8) is 0 Å². The van der Waals surface area contributed by atoms with Crippen molar-refractivity contribution in [2.45, 2.75) is 20.8 Å². The zero-order valence-electron chi connectivity index (χ0n) is 22.0. The molecule has 3 heterocycles. The van der Waals surface area contributed by atoms with E-state index in [9.17, 15) is 9.59 Å². The van der Waals surface area contributed by atoms with Crippen molar-refractivity contribution in [2.75, 3.05) is 4.43 Å². The summed E-state index contributed by atoms with van der Waals surface area (Å²) >= 11 is 13.4. The van der Waals surface area contributed by atoms with Crippen molar-refractivity contribution in [1.29, 1.82) is 5.26 Å². The number of hydrogen-bond donors (Lipinski definition) is 2. The minimum atomic E-state index is -0.990. The van der Waals surface area contributed by atoms with Gasteiger partial charge >= 0.3 is 300 Å². The number of nitriles is 1. The van der Waals surface area contributed by atoms with Gasteiger partial charge in [-0.3, -0.25) is 0 Å². The van der Waals surface area contributed by atoms with Crippen LogP contribution in [0, 0.1) is 31.1 Å². The molecular weight excluding hydrogens is 1570 g/mol. The van der Waals surface area contributed by atoms with E-state index in [0.29, 0.717) is 22.5 Å². The van der Waals surface area contributed by atoms with Crippen LogP contribution in [0.15, 0.2) is 18.6 Å². The molecule has 19 heteroatoms. The number of nitrogens with two attached hydrogens (primary N) is 1. The third kappa shape index (κ3) is 18.7. The molecule has 3 aromatic rings. The summed E-state index contributed by atoms with van der Waals surface area (Å²) in [7, 11) is 0. The molecule has 1 amide bonds. The number of carbonyl (C=O) groups excluding carboxylic acids is 1. The van der Waals surface area contributed by atoms with Crippen molar-refractivity contribution in [2.24, 2.45) is 5.73 Å². The molecule has 0 aromatic carbocycles. The number of carboxylic acids is 1. The van der Waals surface area contributed by atoms with E-state index in [0.717, 1.165) is 25.0 Å². The number of primary amides is 1. The van der Waals surface area contributed by atoms with Crippen LogP contribution >= 0.6 is 82.5 Å². The van der Waals surface area contributed by atoms with Gasteiger partial charge in [0.2, 0.25) is 0 Å². The number of carbonyl (C=O) groups is 2. The molecule has 44 heavy (non-hydrogen) atoms. The molecule has 0 saturated carbocycles. The fourth-order valence-corrected chi connectivity index (χ4v) is 4.80. The molecule has 3 N–H and O–H groups in total. The zero-order chi connectivity index (χ0) is 33.5. The third-order valence-electron chi connectivity index (χ3n) is 4.07. The summed E-state index contributed by atoms with van der Waals surface area (Å²) in [6, 6.07) is 2.02. The number of carboxylic acid groups (broad SMARTS) is 1. The standard InChI is InChI=1S/C7H6N3O.C7H4N3.C7H5N2O2.C3H7I.CH4.3HI.V.3W/c1-3-10-5(2)6(4-9-10)7(8)11;1-3-10-6(2)7(4-8)5-9-10;1-3-9-5(2)6(4-8-9)7(10)11;1-2-3-4;;;;;;;;/h1-4H,(H2,8,11);1-3,5H;1-4H,(H,10,11);2-3H2,1H3;1H4;3*1H;;;;/q3*-1;;;;;;+3;;;/p-3. The first-order valence-electron chi connectivity index (χ1n) is 10.9. The van der Waals surface area contributed by atoms with E-state index < -0.39 is 11.9 Å². The van der Waals surface area contributed by atoms with Gasteiger partial charge in [-0.25, -0.2) is 0 Å². The van der Waals surface area contributed by atoms with Gasteiger partial charge in [0.1, 0.15) is 0 Å². The second-order valence-corrected chi connectivity index (χ2v) is 45.6. The molecule has 0 unspecified atom stereocenters. The molecule has 0 fully saturated rings. The van der Waals surface area contributed by atoms with E-state index >= 15 is 0 Å². The van der Waals surface area contributed by atoms with Gasteiger partial charge in [0.25, 0.3) is 0 Å². The summed E-state index contributed by atoms with van der Waals surface area (Å²) in [6.07, 6.45) is 9.32. The Labute approximate surface area is 342 Å². The van der Waals surface area contributed by atoms with E-state index in [1.165, 1.54) is 101 Å². The number of aromatic nitrogens is 6. The molecule has 0 aliphatic rings. The molecule has 0 radical (unpaired) electrons. The Morgan fingerprint density at radius 2 is 1.27 bits per heavy atom. The summed E-state index contributed by atoms with van der Waals surface area (Å²) in [5, 5.41) is 28.8. The van der Waals surface area contributed by atoms with Crippen LogP contribution in [-0.4, -0.2) is 64.0 Å². The van der Waals surface area contributed by atoms with Crippen molar-refractivity contribution >= 4 is 126 Å². The number of halogens is 4. The zero-order valence-corrected chi connectivity index (χ0v) is 40.8. The molecule has 11 nitrogen and oxygen atoms in total. The van der Waals surface area contributed by atoms with Crippen LogP contribution < -0.4 is 5.73 Å². The Bertz CT molecular complexity index is 1380. The van der Waals surface area contributed by atoms with Crippen LogP contribution in [0.4, 0.5) is 0 Å². The number of nitrogens with zero attached hydrogens (tertiary/aromatic N) is 7. The van der Waals surface area contributed by atoms with Crippen molar-refractivity contribution in [3.05, 3.63) is 72.1 Å². The topological polar surface area (TPSA) is 158 Å². The Hall–Kier alpha value is 0.459. The quantitative estimate of drug-likeness (QED) is 0.169. The Kier molecular flexibility index (Phi) is 32.8. The van der Waals surface area contributed by atoms with Crippen LogP contribution in [0.1, 0.15) is 64.1 Å². The SMILES string of the molecule is C.CCCI.[CH-]=Cn1ncc(C#N)c1[CH]=[W].[CH-]=Cn1ncc(C(=O)O)c1[CH]=[W].[CH-]=Cn1ncc(C(N)=O)c1[CH]=[W].[I][V]([I])[I]. The van der Waals surface area contributed by atoms with Gasteiger partial charge in [-0.2, -0.15) is 0 Å². The first kappa shape index (κ1) is 48.9. The first-order valence-corrected chi connectivity index (χ1v) is 31.0. The minimum absolute atomic E-state index is 0. The van der Waals surface area contributed by atoms with Crippen LogP contribution in [0.3, 0.4) is 0 Å². The van der Waals surface area contributed by atoms with E-state index in [1.54, 1.807) is 8.80 Å². The second kappa shape index (κ2) is 29.6. The molecule has 238 valence electrons. The number of aromatic carboxylic acids is 1. The summed E-state index contributed by atoms with van der Waals surface area (Å²) in [4.78, 5) is 21.1. The molecule has 0 saturated heterocycles. The molecule has 0 spiro atoms. The maximum atomic E-state index is 10.8. The molecule has 0 aliphatic heterocycles. The van der Waals surface area contributed by atoms with E-state index in [1.807, 2.05) is 10.5 Å². The maximum absolute atomic E-state index is 10.8. The van der Waals surface area contributed by atoms with Gasteiger partial charge in [-0.05, 0) is 10.8 Å². The summed E-state index contributed by atoms with van der Waals surface area (Å²) < 4.78 is 10.9. The first-order chi connectivity index (χ1) is 20.4. The molecule has 0 atom stereocenters. The van der Waals surface area contributed by atoms with Gasteiger partial charge in [-0.1, -0.05) is 36.9 Å². The number of alkyl halides is 1.